The quantitative estimate of drug-likeness (QED) is 0.609. The largest absolute Gasteiger partial charge is 0.267 e. The third-order valence-electron chi connectivity index (χ3n) is 2.47. The van der Waals surface area contributed by atoms with Crippen LogP contribution < -0.4 is 0 Å². The summed E-state index contributed by atoms with van der Waals surface area (Å²) in [4.78, 5) is 10.2. The highest BCUT2D eigenvalue weighted by molar-refractivity contribution is 6.31. The predicted molar refractivity (Wildman–Crippen MR) is 66.4 cm³/mol. The number of benzene rings is 1. The zero-order valence-corrected chi connectivity index (χ0v) is 10.1. The first-order valence-electron chi connectivity index (χ1n) is 4.94. The van der Waals surface area contributed by atoms with Crippen molar-refractivity contribution in [2.45, 2.75) is 6.92 Å². The van der Waals surface area contributed by atoms with Gasteiger partial charge < -0.3 is 0 Å². The van der Waals surface area contributed by atoms with E-state index in [0.717, 1.165) is 10.9 Å². The van der Waals surface area contributed by atoms with Gasteiger partial charge in [-0.3, -0.25) is 14.8 Å². The molecule has 0 unspecified atom stereocenters. The maximum absolute atomic E-state index is 10.6. The average Bonchev–Trinajstić information content (AvgIpc) is 2.55. The molecule has 0 aliphatic carbocycles. The number of allylic oxidation sites excluding steroid dienone is 1. The maximum Gasteiger partial charge on any atom is 0.245 e. The van der Waals surface area contributed by atoms with E-state index in [9.17, 15) is 10.1 Å². The second-order valence-corrected chi connectivity index (χ2v) is 4.15. The van der Waals surface area contributed by atoms with Crippen molar-refractivity contribution >= 4 is 28.6 Å². The van der Waals surface area contributed by atoms with Crippen LogP contribution in [0.4, 0.5) is 0 Å². The number of hydrogen-bond acceptors (Lipinski definition) is 3. The van der Waals surface area contributed by atoms with Crippen LogP contribution in [0.15, 0.2) is 23.9 Å². The first kappa shape index (κ1) is 11.6. The van der Waals surface area contributed by atoms with Gasteiger partial charge in [0.05, 0.1) is 16.1 Å². The molecule has 0 aliphatic heterocycles. The van der Waals surface area contributed by atoms with Crippen LogP contribution in [-0.4, -0.2) is 14.7 Å². The summed E-state index contributed by atoms with van der Waals surface area (Å²) in [6.07, 6.45) is 1.44. The molecule has 1 aromatic carbocycles. The van der Waals surface area contributed by atoms with E-state index in [4.69, 9.17) is 11.6 Å². The fourth-order valence-corrected chi connectivity index (χ4v) is 1.79. The van der Waals surface area contributed by atoms with Crippen molar-refractivity contribution in [1.82, 2.24) is 9.78 Å². The number of nitro groups is 1. The second kappa shape index (κ2) is 4.18. The molecule has 5 nitrogen and oxygen atoms in total. The molecule has 17 heavy (non-hydrogen) atoms. The molecule has 6 heteroatoms. The standard InChI is InChI=1S/C11H10ClN3O2/c1-7(15(16)17)5-10-9-6-8(12)3-4-11(9)14(2)13-10/h3-6H,1-2H3/b7-5+. The summed E-state index contributed by atoms with van der Waals surface area (Å²) >= 11 is 5.91. The van der Waals surface area contributed by atoms with Crippen molar-refractivity contribution in [3.05, 3.63) is 44.7 Å². The molecular formula is C11H10ClN3O2. The Kier molecular flexibility index (Phi) is 2.85. The monoisotopic (exact) mass is 251 g/mol. The lowest BCUT2D eigenvalue weighted by atomic mass is 10.2. The average molecular weight is 252 g/mol. The van der Waals surface area contributed by atoms with Crippen LogP contribution in [0.5, 0.6) is 0 Å². The normalized spacial score (nSPS) is 12.1. The molecule has 0 spiro atoms. The summed E-state index contributed by atoms with van der Waals surface area (Å²) in [7, 11) is 1.79. The van der Waals surface area contributed by atoms with Crippen molar-refractivity contribution in [3.8, 4) is 0 Å². The molecule has 1 heterocycles. The second-order valence-electron chi connectivity index (χ2n) is 3.71. The third-order valence-corrected chi connectivity index (χ3v) is 2.71. The number of hydrogen-bond donors (Lipinski definition) is 0. The van der Waals surface area contributed by atoms with E-state index in [2.05, 4.69) is 5.10 Å². The molecule has 2 rings (SSSR count). The van der Waals surface area contributed by atoms with E-state index < -0.39 is 4.92 Å². The van der Waals surface area contributed by atoms with Gasteiger partial charge in [0.2, 0.25) is 5.70 Å². The zero-order chi connectivity index (χ0) is 12.6. The van der Waals surface area contributed by atoms with Gasteiger partial charge in [-0.25, -0.2) is 0 Å². The fourth-order valence-electron chi connectivity index (χ4n) is 1.62. The first-order chi connectivity index (χ1) is 7.99. The van der Waals surface area contributed by atoms with Gasteiger partial charge in [0, 0.05) is 30.5 Å². The zero-order valence-electron chi connectivity index (χ0n) is 9.35. The summed E-state index contributed by atoms with van der Waals surface area (Å²) in [6.45, 7) is 1.44. The van der Waals surface area contributed by atoms with Crippen LogP contribution in [0.2, 0.25) is 5.02 Å². The van der Waals surface area contributed by atoms with Crippen molar-refractivity contribution < 1.29 is 4.92 Å². The van der Waals surface area contributed by atoms with E-state index in [1.165, 1.54) is 13.0 Å². The van der Waals surface area contributed by atoms with Gasteiger partial charge in [0.25, 0.3) is 0 Å². The van der Waals surface area contributed by atoms with Crippen LogP contribution in [0.3, 0.4) is 0 Å². The molecule has 0 bridgehead atoms. The minimum atomic E-state index is -0.439. The number of fused-ring (bicyclic) bond motifs is 1. The Morgan fingerprint density at radius 1 is 1.59 bits per heavy atom. The van der Waals surface area contributed by atoms with Crippen molar-refractivity contribution in [2.75, 3.05) is 0 Å². The molecule has 0 N–H and O–H groups in total. The molecule has 0 atom stereocenters. The fraction of sp³-hybridized carbons (Fsp3) is 0.182. The highest BCUT2D eigenvalue weighted by Gasteiger charge is 2.10. The minimum Gasteiger partial charge on any atom is -0.267 e. The highest BCUT2D eigenvalue weighted by Crippen LogP contribution is 2.23. The van der Waals surface area contributed by atoms with E-state index in [0.29, 0.717) is 10.7 Å². The van der Waals surface area contributed by atoms with Gasteiger partial charge in [0.15, 0.2) is 0 Å². The van der Waals surface area contributed by atoms with Gasteiger partial charge in [-0.05, 0) is 18.2 Å². The Bertz CT molecular complexity index is 631. The first-order valence-corrected chi connectivity index (χ1v) is 5.32. The summed E-state index contributed by atoms with van der Waals surface area (Å²) in [5.41, 5.74) is 1.49. The van der Waals surface area contributed by atoms with Gasteiger partial charge in [0.1, 0.15) is 0 Å². The lowest BCUT2D eigenvalue weighted by Gasteiger charge is -1.93. The Morgan fingerprint density at radius 2 is 2.29 bits per heavy atom. The van der Waals surface area contributed by atoms with Crippen LogP contribution in [-0.2, 0) is 7.05 Å². The molecule has 0 saturated carbocycles. The Balaban J connectivity index is 2.66. The highest BCUT2D eigenvalue weighted by atomic mass is 35.5. The van der Waals surface area contributed by atoms with E-state index in [1.807, 2.05) is 6.07 Å². The van der Waals surface area contributed by atoms with Gasteiger partial charge in [-0.15, -0.1) is 0 Å². The van der Waals surface area contributed by atoms with Gasteiger partial charge >= 0.3 is 0 Å². The topological polar surface area (TPSA) is 61.0 Å². The molecule has 0 fully saturated rings. The SMILES string of the molecule is C/C(=C\c1nn(C)c2ccc(Cl)cc12)[N+](=O)[O-]. The maximum atomic E-state index is 10.6. The predicted octanol–water partition coefficient (Wildman–Crippen LogP) is 2.86. The number of nitrogens with zero attached hydrogens (tertiary/aromatic N) is 3. The minimum absolute atomic E-state index is 0.0463. The Hall–Kier alpha value is -1.88. The number of halogens is 1. The van der Waals surface area contributed by atoms with Crippen LogP contribution in [0, 0.1) is 10.1 Å². The molecule has 2 aromatic rings. The summed E-state index contributed by atoms with van der Waals surface area (Å²) in [5, 5.41) is 16.2. The smallest absolute Gasteiger partial charge is 0.245 e. The van der Waals surface area contributed by atoms with Crippen LogP contribution >= 0.6 is 11.6 Å². The van der Waals surface area contributed by atoms with E-state index in [1.54, 1.807) is 23.9 Å². The number of aromatic nitrogens is 2. The van der Waals surface area contributed by atoms with Gasteiger partial charge in [-0.2, -0.15) is 5.10 Å². The van der Waals surface area contributed by atoms with Crippen LogP contribution in [0.25, 0.3) is 17.0 Å². The lowest BCUT2D eigenvalue weighted by Crippen LogP contribution is -1.94. The van der Waals surface area contributed by atoms with Crippen molar-refractivity contribution in [2.24, 2.45) is 7.05 Å². The van der Waals surface area contributed by atoms with Gasteiger partial charge in [-0.1, -0.05) is 11.6 Å². The van der Waals surface area contributed by atoms with Crippen molar-refractivity contribution in [3.63, 3.8) is 0 Å². The molecule has 88 valence electrons. The molecule has 0 aliphatic rings. The molecular weight excluding hydrogens is 242 g/mol. The summed E-state index contributed by atoms with van der Waals surface area (Å²) in [5.74, 6) is 0. The number of rotatable bonds is 2. The van der Waals surface area contributed by atoms with E-state index in [-0.39, 0.29) is 5.70 Å². The summed E-state index contributed by atoms with van der Waals surface area (Å²) in [6, 6.07) is 5.35. The molecule has 1 aromatic heterocycles. The molecule has 0 saturated heterocycles. The lowest BCUT2D eigenvalue weighted by molar-refractivity contribution is -0.422. The van der Waals surface area contributed by atoms with E-state index >= 15 is 0 Å². The molecule has 0 radical (unpaired) electrons. The van der Waals surface area contributed by atoms with Crippen molar-refractivity contribution in [1.29, 1.82) is 0 Å². The Labute approximate surface area is 102 Å². The third kappa shape index (κ3) is 2.14. The number of aryl methyl sites for hydroxylation is 1. The molecule has 0 amide bonds. The summed E-state index contributed by atoms with van der Waals surface area (Å²) < 4.78 is 1.67. The Morgan fingerprint density at radius 3 is 2.94 bits per heavy atom. The van der Waals surface area contributed by atoms with Crippen LogP contribution in [0.1, 0.15) is 12.6 Å².